The summed E-state index contributed by atoms with van der Waals surface area (Å²) in [4.78, 5) is 31.7. The number of amides is 2. The van der Waals surface area contributed by atoms with Crippen LogP contribution in [-0.2, 0) is 4.79 Å². The lowest BCUT2D eigenvalue weighted by molar-refractivity contribution is -0.132. The van der Waals surface area contributed by atoms with Crippen LogP contribution in [0.3, 0.4) is 0 Å². The molecule has 5 nitrogen and oxygen atoms in total. The van der Waals surface area contributed by atoms with Crippen LogP contribution in [-0.4, -0.2) is 58.7 Å². The summed E-state index contributed by atoms with van der Waals surface area (Å²) in [7, 11) is 0. The van der Waals surface area contributed by atoms with Crippen molar-refractivity contribution in [1.29, 1.82) is 0 Å². The standard InChI is InChI=1S/C14H18ClN3O2/c15-6-3-5-13(19)17-8-10-18(11-9-17)14(20)12-4-1-2-7-16-12/h1-2,4,7H,3,5-6,8-11H2. The summed E-state index contributed by atoms with van der Waals surface area (Å²) < 4.78 is 0. The highest BCUT2D eigenvalue weighted by atomic mass is 35.5. The van der Waals surface area contributed by atoms with Crippen molar-refractivity contribution >= 4 is 23.4 Å². The van der Waals surface area contributed by atoms with Gasteiger partial charge in [0, 0.05) is 44.7 Å². The smallest absolute Gasteiger partial charge is 0.272 e. The highest BCUT2D eigenvalue weighted by molar-refractivity contribution is 6.17. The molecule has 1 aliphatic rings. The predicted molar refractivity (Wildman–Crippen MR) is 76.7 cm³/mol. The van der Waals surface area contributed by atoms with E-state index in [1.54, 1.807) is 34.2 Å². The first-order valence-corrected chi connectivity index (χ1v) is 7.30. The molecule has 2 rings (SSSR count). The maximum Gasteiger partial charge on any atom is 0.272 e. The molecule has 0 N–H and O–H groups in total. The number of carbonyl (C=O) groups excluding carboxylic acids is 2. The van der Waals surface area contributed by atoms with Gasteiger partial charge in [0.1, 0.15) is 5.69 Å². The molecule has 0 saturated carbocycles. The monoisotopic (exact) mass is 295 g/mol. The number of carbonyl (C=O) groups is 2. The predicted octanol–water partition coefficient (Wildman–Crippen LogP) is 1.39. The Bertz CT molecular complexity index is 459. The van der Waals surface area contributed by atoms with Gasteiger partial charge in [-0.2, -0.15) is 0 Å². The summed E-state index contributed by atoms with van der Waals surface area (Å²) in [5.41, 5.74) is 0.453. The Kier molecular flexibility index (Phi) is 5.35. The lowest BCUT2D eigenvalue weighted by Gasteiger charge is -2.34. The molecule has 2 heterocycles. The van der Waals surface area contributed by atoms with Gasteiger partial charge in [0.05, 0.1) is 0 Å². The molecule has 6 heteroatoms. The molecular weight excluding hydrogens is 278 g/mol. The van der Waals surface area contributed by atoms with E-state index in [2.05, 4.69) is 4.98 Å². The number of rotatable bonds is 4. The molecule has 1 aromatic heterocycles. The van der Waals surface area contributed by atoms with Crippen molar-refractivity contribution in [2.75, 3.05) is 32.1 Å². The third-order valence-electron chi connectivity index (χ3n) is 3.33. The number of halogens is 1. The molecule has 0 aliphatic carbocycles. The quantitative estimate of drug-likeness (QED) is 0.789. The molecule has 1 aliphatic heterocycles. The summed E-state index contributed by atoms with van der Waals surface area (Å²) in [6.45, 7) is 2.28. The first kappa shape index (κ1) is 14.8. The molecule has 1 aromatic rings. The SMILES string of the molecule is O=C(CCCCl)N1CCN(C(=O)c2ccccn2)CC1. The van der Waals surface area contributed by atoms with Gasteiger partial charge in [-0.3, -0.25) is 14.6 Å². The van der Waals surface area contributed by atoms with Crippen molar-refractivity contribution in [1.82, 2.24) is 14.8 Å². The van der Waals surface area contributed by atoms with Crippen LogP contribution in [0, 0.1) is 0 Å². The van der Waals surface area contributed by atoms with E-state index >= 15 is 0 Å². The highest BCUT2D eigenvalue weighted by Gasteiger charge is 2.24. The van der Waals surface area contributed by atoms with E-state index in [1.807, 2.05) is 0 Å². The Morgan fingerprint density at radius 2 is 1.85 bits per heavy atom. The fraction of sp³-hybridized carbons (Fsp3) is 0.500. The van der Waals surface area contributed by atoms with Crippen LogP contribution in [0.1, 0.15) is 23.3 Å². The first-order chi connectivity index (χ1) is 9.72. The number of pyridine rings is 1. The van der Waals surface area contributed by atoms with Gasteiger partial charge >= 0.3 is 0 Å². The fourth-order valence-electron chi connectivity index (χ4n) is 2.19. The van der Waals surface area contributed by atoms with Crippen LogP contribution >= 0.6 is 11.6 Å². The van der Waals surface area contributed by atoms with Gasteiger partial charge < -0.3 is 9.80 Å². The van der Waals surface area contributed by atoms with Gasteiger partial charge in [-0.1, -0.05) is 6.07 Å². The average molecular weight is 296 g/mol. The van der Waals surface area contributed by atoms with Gasteiger partial charge in [0.25, 0.3) is 5.91 Å². The molecule has 0 unspecified atom stereocenters. The third-order valence-corrected chi connectivity index (χ3v) is 3.60. The number of alkyl halides is 1. The molecule has 0 radical (unpaired) electrons. The van der Waals surface area contributed by atoms with Gasteiger partial charge in [-0.05, 0) is 18.6 Å². The first-order valence-electron chi connectivity index (χ1n) is 6.76. The zero-order valence-electron chi connectivity index (χ0n) is 11.3. The molecule has 0 aromatic carbocycles. The zero-order chi connectivity index (χ0) is 14.4. The largest absolute Gasteiger partial charge is 0.339 e. The highest BCUT2D eigenvalue weighted by Crippen LogP contribution is 2.09. The molecule has 1 saturated heterocycles. The Morgan fingerprint density at radius 1 is 1.15 bits per heavy atom. The van der Waals surface area contributed by atoms with Gasteiger partial charge in [-0.25, -0.2) is 0 Å². The zero-order valence-corrected chi connectivity index (χ0v) is 12.1. The minimum Gasteiger partial charge on any atom is -0.339 e. The van der Waals surface area contributed by atoms with E-state index in [0.717, 1.165) is 0 Å². The lowest BCUT2D eigenvalue weighted by Crippen LogP contribution is -2.50. The van der Waals surface area contributed by atoms with E-state index in [-0.39, 0.29) is 11.8 Å². The second kappa shape index (κ2) is 7.24. The second-order valence-electron chi connectivity index (χ2n) is 4.68. The summed E-state index contributed by atoms with van der Waals surface area (Å²) >= 11 is 5.59. The van der Waals surface area contributed by atoms with E-state index in [1.165, 1.54) is 0 Å². The van der Waals surface area contributed by atoms with Crippen molar-refractivity contribution in [3.8, 4) is 0 Å². The van der Waals surface area contributed by atoms with E-state index in [9.17, 15) is 9.59 Å². The average Bonchev–Trinajstić information content (AvgIpc) is 2.53. The molecule has 0 atom stereocenters. The number of hydrogen-bond acceptors (Lipinski definition) is 3. The van der Waals surface area contributed by atoms with E-state index in [0.29, 0.717) is 50.6 Å². The fourth-order valence-corrected chi connectivity index (χ4v) is 2.32. The van der Waals surface area contributed by atoms with Gasteiger partial charge in [-0.15, -0.1) is 11.6 Å². The van der Waals surface area contributed by atoms with Gasteiger partial charge in [0.15, 0.2) is 0 Å². The molecule has 0 spiro atoms. The maximum atomic E-state index is 12.2. The van der Waals surface area contributed by atoms with Crippen molar-refractivity contribution in [2.24, 2.45) is 0 Å². The summed E-state index contributed by atoms with van der Waals surface area (Å²) in [5.74, 6) is 0.554. The number of nitrogens with zero attached hydrogens (tertiary/aromatic N) is 3. The summed E-state index contributed by atoms with van der Waals surface area (Å²) in [5, 5.41) is 0. The van der Waals surface area contributed by atoms with Crippen LogP contribution in [0.2, 0.25) is 0 Å². The van der Waals surface area contributed by atoms with Crippen LogP contribution < -0.4 is 0 Å². The Balaban J connectivity index is 1.85. The Labute approximate surface area is 123 Å². The van der Waals surface area contributed by atoms with Crippen molar-refractivity contribution in [3.05, 3.63) is 30.1 Å². The van der Waals surface area contributed by atoms with E-state index in [4.69, 9.17) is 11.6 Å². The molecule has 2 amide bonds. The number of piperazine rings is 1. The van der Waals surface area contributed by atoms with Crippen LogP contribution in [0.15, 0.2) is 24.4 Å². The van der Waals surface area contributed by atoms with Crippen molar-refractivity contribution in [3.63, 3.8) is 0 Å². The number of hydrogen-bond donors (Lipinski definition) is 0. The molecule has 0 bridgehead atoms. The third kappa shape index (κ3) is 3.70. The summed E-state index contributed by atoms with van der Waals surface area (Å²) in [6.07, 6.45) is 2.80. The maximum absolute atomic E-state index is 12.2. The lowest BCUT2D eigenvalue weighted by atomic mass is 10.2. The van der Waals surface area contributed by atoms with Crippen LogP contribution in [0.25, 0.3) is 0 Å². The second-order valence-corrected chi connectivity index (χ2v) is 5.06. The minimum absolute atomic E-state index is 0.0709. The Hall–Kier alpha value is -1.62. The minimum atomic E-state index is -0.0709. The van der Waals surface area contributed by atoms with Crippen molar-refractivity contribution < 1.29 is 9.59 Å². The Morgan fingerprint density at radius 3 is 2.45 bits per heavy atom. The van der Waals surface area contributed by atoms with Crippen molar-refractivity contribution in [2.45, 2.75) is 12.8 Å². The van der Waals surface area contributed by atoms with Gasteiger partial charge in [0.2, 0.25) is 5.91 Å². The van der Waals surface area contributed by atoms with Crippen LogP contribution in [0.5, 0.6) is 0 Å². The van der Waals surface area contributed by atoms with E-state index < -0.39 is 0 Å². The number of aromatic nitrogens is 1. The molecule has 20 heavy (non-hydrogen) atoms. The normalized spacial score (nSPS) is 15.2. The topological polar surface area (TPSA) is 53.5 Å². The summed E-state index contributed by atoms with van der Waals surface area (Å²) in [6, 6.07) is 5.29. The van der Waals surface area contributed by atoms with Crippen LogP contribution in [0.4, 0.5) is 0 Å². The molecule has 108 valence electrons. The molecular formula is C14H18ClN3O2. The molecule has 1 fully saturated rings.